The average Bonchev–Trinajstić information content (AvgIpc) is 3.02. The lowest BCUT2D eigenvalue weighted by molar-refractivity contribution is 0.312. The van der Waals surface area contributed by atoms with E-state index in [-0.39, 0.29) is 0 Å². The molecule has 0 bridgehead atoms. The minimum atomic E-state index is 0.572. The number of fused-ring (bicyclic) bond motifs is 1. The molecule has 0 atom stereocenters. The van der Waals surface area contributed by atoms with E-state index in [1.165, 1.54) is 0 Å². The smallest absolute Gasteiger partial charge is 0.189 e. The van der Waals surface area contributed by atoms with Crippen molar-refractivity contribution in [1.82, 2.24) is 19.9 Å². The Balaban J connectivity index is 1.62. The Hall–Kier alpha value is -2.45. The van der Waals surface area contributed by atoms with Gasteiger partial charge < -0.3 is 20.9 Å². The third-order valence-corrected chi connectivity index (χ3v) is 5.45. The molecule has 1 aromatic carbocycles. The van der Waals surface area contributed by atoms with Crippen molar-refractivity contribution >= 4 is 44.0 Å². The van der Waals surface area contributed by atoms with Crippen molar-refractivity contribution in [2.75, 3.05) is 49.2 Å². The van der Waals surface area contributed by atoms with E-state index >= 15 is 0 Å². The van der Waals surface area contributed by atoms with Gasteiger partial charge in [-0.2, -0.15) is 0 Å². The number of rotatable bonds is 3. The first-order valence-corrected chi connectivity index (χ1v) is 9.10. The first-order chi connectivity index (χ1) is 12.1. The van der Waals surface area contributed by atoms with Gasteiger partial charge in [-0.05, 0) is 25.6 Å². The van der Waals surface area contributed by atoms with Crippen LogP contribution in [0, 0.1) is 6.92 Å². The van der Waals surface area contributed by atoms with Crippen LogP contribution in [0.15, 0.2) is 24.5 Å². The highest BCUT2D eigenvalue weighted by Gasteiger charge is 2.20. The summed E-state index contributed by atoms with van der Waals surface area (Å²) < 4.78 is 1.15. The summed E-state index contributed by atoms with van der Waals surface area (Å²) in [4.78, 5) is 17.9. The van der Waals surface area contributed by atoms with Crippen molar-refractivity contribution in [3.8, 4) is 0 Å². The van der Waals surface area contributed by atoms with Crippen molar-refractivity contribution in [2.24, 2.45) is 0 Å². The number of benzene rings is 1. The highest BCUT2D eigenvalue weighted by atomic mass is 32.1. The van der Waals surface area contributed by atoms with Gasteiger partial charge in [0.2, 0.25) is 0 Å². The van der Waals surface area contributed by atoms with Gasteiger partial charge in [0, 0.05) is 26.2 Å². The molecule has 3 heterocycles. The molecule has 7 nitrogen and oxygen atoms in total. The number of nitrogens with zero attached hydrogens (tertiary/aromatic N) is 5. The molecule has 3 N–H and O–H groups in total. The molecule has 0 radical (unpaired) electrons. The van der Waals surface area contributed by atoms with Crippen LogP contribution in [0.5, 0.6) is 0 Å². The summed E-state index contributed by atoms with van der Waals surface area (Å²) in [6.45, 7) is 5.90. The van der Waals surface area contributed by atoms with Gasteiger partial charge in [0.05, 0.1) is 10.2 Å². The summed E-state index contributed by atoms with van der Waals surface area (Å²) in [6.07, 6.45) is 1.56. The van der Waals surface area contributed by atoms with Crippen LogP contribution in [0.3, 0.4) is 0 Å². The number of piperazine rings is 1. The molecule has 0 unspecified atom stereocenters. The number of likely N-dealkylation sites (N-methyl/N-ethyl adjacent to an activating group) is 1. The molecule has 3 aromatic rings. The minimum Gasteiger partial charge on any atom is -0.393 e. The molecule has 1 saturated heterocycles. The van der Waals surface area contributed by atoms with Gasteiger partial charge in [-0.1, -0.05) is 23.5 Å². The second-order valence-corrected chi connectivity index (χ2v) is 7.35. The van der Waals surface area contributed by atoms with Crippen molar-refractivity contribution < 1.29 is 0 Å². The van der Waals surface area contributed by atoms with Gasteiger partial charge >= 0.3 is 0 Å². The summed E-state index contributed by atoms with van der Waals surface area (Å²) in [7, 11) is 2.13. The van der Waals surface area contributed by atoms with Gasteiger partial charge in [-0.3, -0.25) is 0 Å². The monoisotopic (exact) mass is 355 g/mol. The lowest BCUT2D eigenvalue weighted by atomic mass is 10.2. The Morgan fingerprint density at radius 1 is 1.16 bits per heavy atom. The van der Waals surface area contributed by atoms with Gasteiger partial charge in [0.1, 0.15) is 12.0 Å². The molecule has 130 valence electrons. The van der Waals surface area contributed by atoms with E-state index in [9.17, 15) is 0 Å². The number of hydrogen-bond donors (Lipinski definition) is 2. The fraction of sp³-hybridized carbons (Fsp3) is 0.353. The lowest BCUT2D eigenvalue weighted by Crippen LogP contribution is -2.45. The largest absolute Gasteiger partial charge is 0.393 e. The number of aromatic nitrogens is 3. The quantitative estimate of drug-likeness (QED) is 0.747. The van der Waals surface area contributed by atoms with Crippen molar-refractivity contribution in [3.05, 3.63) is 30.1 Å². The number of hydrogen-bond acceptors (Lipinski definition) is 8. The lowest BCUT2D eigenvalue weighted by Gasteiger charge is -2.33. The van der Waals surface area contributed by atoms with Gasteiger partial charge in [0.25, 0.3) is 0 Å². The van der Waals surface area contributed by atoms with Gasteiger partial charge in [-0.25, -0.2) is 15.0 Å². The molecular formula is C17H21N7S. The molecule has 1 aliphatic rings. The Morgan fingerprint density at radius 3 is 2.72 bits per heavy atom. The maximum absolute atomic E-state index is 6.35. The van der Waals surface area contributed by atoms with E-state index in [2.05, 4.69) is 56.2 Å². The Kier molecular flexibility index (Phi) is 4.14. The zero-order valence-electron chi connectivity index (χ0n) is 14.4. The predicted octanol–water partition coefficient (Wildman–Crippen LogP) is 2.47. The number of aryl methyl sites for hydroxylation is 1. The summed E-state index contributed by atoms with van der Waals surface area (Å²) in [5.74, 6) is 1.41. The van der Waals surface area contributed by atoms with Crippen LogP contribution in [0.1, 0.15) is 5.56 Å². The molecule has 0 aliphatic carbocycles. The normalized spacial score (nSPS) is 15.7. The topological polar surface area (TPSA) is 83.2 Å². The highest BCUT2D eigenvalue weighted by Crippen LogP contribution is 2.33. The minimum absolute atomic E-state index is 0.572. The molecule has 0 amide bonds. The second-order valence-electron chi connectivity index (χ2n) is 6.32. The standard InChI is InChI=1S/C17H21N7S/c1-11-4-3-5-12-14(11)21-17(25-12)22-15-13(18)16(20-10-19-15)24-8-6-23(2)7-9-24/h3-5,10H,6-9,18H2,1-2H3,(H,19,20,21,22). The van der Waals surface area contributed by atoms with Crippen LogP contribution >= 0.6 is 11.3 Å². The van der Waals surface area contributed by atoms with Crippen LogP contribution in [0.2, 0.25) is 0 Å². The molecular weight excluding hydrogens is 334 g/mol. The number of anilines is 4. The molecule has 0 saturated carbocycles. The molecule has 2 aromatic heterocycles. The van der Waals surface area contributed by atoms with E-state index in [1.807, 2.05) is 6.07 Å². The summed E-state index contributed by atoms with van der Waals surface area (Å²) in [5, 5.41) is 4.06. The molecule has 4 rings (SSSR count). The maximum Gasteiger partial charge on any atom is 0.189 e. The average molecular weight is 355 g/mol. The van der Waals surface area contributed by atoms with Gasteiger partial charge in [0.15, 0.2) is 16.8 Å². The number of thiazole rings is 1. The van der Waals surface area contributed by atoms with Crippen LogP contribution in [0.4, 0.5) is 22.5 Å². The van der Waals surface area contributed by atoms with E-state index in [0.29, 0.717) is 11.5 Å². The molecule has 1 aliphatic heterocycles. The summed E-state index contributed by atoms with van der Waals surface area (Å²) in [6, 6.07) is 6.19. The van der Waals surface area contributed by atoms with Crippen molar-refractivity contribution in [2.45, 2.75) is 6.92 Å². The molecule has 8 heteroatoms. The van der Waals surface area contributed by atoms with Crippen LogP contribution < -0.4 is 16.0 Å². The Labute approximate surface area is 150 Å². The Morgan fingerprint density at radius 2 is 1.96 bits per heavy atom. The van der Waals surface area contributed by atoms with E-state index in [0.717, 1.165) is 52.9 Å². The zero-order valence-corrected chi connectivity index (χ0v) is 15.2. The fourth-order valence-electron chi connectivity index (χ4n) is 3.00. The second kappa shape index (κ2) is 6.45. The van der Waals surface area contributed by atoms with Crippen LogP contribution in [0.25, 0.3) is 10.2 Å². The Bertz CT molecular complexity index is 899. The number of para-hydroxylation sites is 1. The van der Waals surface area contributed by atoms with E-state index in [1.54, 1.807) is 17.7 Å². The zero-order chi connectivity index (χ0) is 17.4. The van der Waals surface area contributed by atoms with Crippen molar-refractivity contribution in [1.29, 1.82) is 0 Å². The SMILES string of the molecule is Cc1cccc2sc(Nc3ncnc(N4CCN(C)CC4)c3N)nc12. The van der Waals surface area contributed by atoms with Crippen LogP contribution in [-0.2, 0) is 0 Å². The number of nitrogens with one attached hydrogen (secondary N) is 1. The van der Waals surface area contributed by atoms with E-state index < -0.39 is 0 Å². The number of nitrogens with two attached hydrogens (primary N) is 1. The first-order valence-electron chi connectivity index (χ1n) is 8.29. The molecule has 1 fully saturated rings. The highest BCUT2D eigenvalue weighted by molar-refractivity contribution is 7.22. The van der Waals surface area contributed by atoms with Gasteiger partial charge in [-0.15, -0.1) is 0 Å². The molecule has 0 spiro atoms. The number of nitrogen functional groups attached to an aromatic ring is 1. The van der Waals surface area contributed by atoms with Crippen molar-refractivity contribution in [3.63, 3.8) is 0 Å². The van der Waals surface area contributed by atoms with E-state index in [4.69, 9.17) is 5.73 Å². The maximum atomic E-state index is 6.35. The third kappa shape index (κ3) is 3.10. The fourth-order valence-corrected chi connectivity index (χ4v) is 3.94. The molecule has 25 heavy (non-hydrogen) atoms. The summed E-state index contributed by atoms with van der Waals surface area (Å²) in [5.41, 5.74) is 9.11. The predicted molar refractivity (Wildman–Crippen MR) is 104 cm³/mol. The van der Waals surface area contributed by atoms with Crippen LogP contribution in [-0.4, -0.2) is 53.1 Å². The summed E-state index contributed by atoms with van der Waals surface area (Å²) >= 11 is 1.60. The third-order valence-electron chi connectivity index (χ3n) is 4.51. The first kappa shape index (κ1) is 16.0.